The first-order chi connectivity index (χ1) is 9.73. The molecule has 1 aromatic rings. The lowest BCUT2D eigenvalue weighted by Crippen LogP contribution is -2.48. The van der Waals surface area contributed by atoms with Gasteiger partial charge in [-0.15, -0.1) is 0 Å². The van der Waals surface area contributed by atoms with Crippen molar-refractivity contribution in [2.45, 2.75) is 18.2 Å². The van der Waals surface area contributed by atoms with Crippen molar-refractivity contribution in [3.05, 3.63) is 30.1 Å². The van der Waals surface area contributed by atoms with E-state index in [9.17, 15) is 27.5 Å². The Labute approximate surface area is 117 Å². The van der Waals surface area contributed by atoms with Gasteiger partial charge in [-0.05, 0) is 12.1 Å². The highest BCUT2D eigenvalue weighted by atomic mass is 19.4. The Kier molecular flexibility index (Phi) is 4.08. The van der Waals surface area contributed by atoms with Crippen molar-refractivity contribution in [1.82, 2.24) is 4.90 Å². The Morgan fingerprint density at radius 3 is 2.62 bits per heavy atom. The lowest BCUT2D eigenvalue weighted by molar-refractivity contribution is -0.253. The van der Waals surface area contributed by atoms with Crippen LogP contribution in [0, 0.1) is 5.82 Å². The van der Waals surface area contributed by atoms with Gasteiger partial charge in [0.25, 0.3) is 5.91 Å². The molecule has 0 saturated carbocycles. The van der Waals surface area contributed by atoms with Gasteiger partial charge in [-0.3, -0.25) is 4.79 Å². The fourth-order valence-electron chi connectivity index (χ4n) is 2.03. The normalized spacial score (nSPS) is 22.4. The number of halogens is 4. The van der Waals surface area contributed by atoms with E-state index in [0.29, 0.717) is 0 Å². The monoisotopic (exact) mass is 307 g/mol. The largest absolute Gasteiger partial charge is 0.481 e. The van der Waals surface area contributed by atoms with E-state index in [1.807, 2.05) is 0 Å². The van der Waals surface area contributed by atoms with E-state index in [-0.39, 0.29) is 12.3 Å². The lowest BCUT2D eigenvalue weighted by Gasteiger charge is -2.25. The third-order valence-electron chi connectivity index (χ3n) is 3.32. The number of para-hydroxylation sites is 1. The molecule has 0 spiro atoms. The number of carbonyl (C=O) groups excluding carboxylic acids is 1. The minimum Gasteiger partial charge on any atom is -0.481 e. The van der Waals surface area contributed by atoms with Crippen molar-refractivity contribution >= 4 is 5.91 Å². The number of ether oxygens (including phenoxy) is 1. The van der Waals surface area contributed by atoms with E-state index in [1.54, 1.807) is 0 Å². The summed E-state index contributed by atoms with van der Waals surface area (Å²) >= 11 is 0. The summed E-state index contributed by atoms with van der Waals surface area (Å²) in [5, 5.41) is 9.46. The summed E-state index contributed by atoms with van der Waals surface area (Å²) in [6.07, 6.45) is -5.38. The number of benzene rings is 1. The topological polar surface area (TPSA) is 49.8 Å². The van der Waals surface area contributed by atoms with Gasteiger partial charge in [0, 0.05) is 13.0 Å². The van der Waals surface area contributed by atoms with Crippen LogP contribution < -0.4 is 4.74 Å². The summed E-state index contributed by atoms with van der Waals surface area (Å²) in [4.78, 5) is 12.6. The molecule has 4 nitrogen and oxygen atoms in total. The molecule has 1 aromatic carbocycles. The molecule has 116 valence electrons. The van der Waals surface area contributed by atoms with Gasteiger partial charge in [-0.2, -0.15) is 13.2 Å². The molecule has 0 radical (unpaired) electrons. The van der Waals surface area contributed by atoms with Gasteiger partial charge < -0.3 is 14.7 Å². The van der Waals surface area contributed by atoms with E-state index in [1.165, 1.54) is 18.2 Å². The zero-order valence-electron chi connectivity index (χ0n) is 10.9. The minimum absolute atomic E-state index is 0.156. The van der Waals surface area contributed by atoms with Crippen LogP contribution in [0.4, 0.5) is 17.6 Å². The third kappa shape index (κ3) is 3.26. The number of hydrogen-bond acceptors (Lipinski definition) is 3. The highest BCUT2D eigenvalue weighted by Crippen LogP contribution is 2.37. The van der Waals surface area contributed by atoms with Crippen LogP contribution in [0.2, 0.25) is 0 Å². The van der Waals surface area contributed by atoms with Gasteiger partial charge in [-0.25, -0.2) is 4.39 Å². The maximum atomic E-state index is 13.3. The fraction of sp³-hybridized carbons (Fsp3) is 0.462. The molecule has 0 aromatic heterocycles. The Balaban J connectivity index is 1.93. The van der Waals surface area contributed by atoms with Crippen LogP contribution in [0.1, 0.15) is 6.42 Å². The Bertz CT molecular complexity index is 534. The molecule has 0 unspecified atom stereocenters. The summed E-state index contributed by atoms with van der Waals surface area (Å²) in [6.45, 7) is -1.65. The molecule has 0 bridgehead atoms. The van der Waals surface area contributed by atoms with Gasteiger partial charge in [0.15, 0.2) is 23.8 Å². The average Bonchev–Trinajstić information content (AvgIpc) is 2.81. The number of β-amino-alcohol motifs (C(OH)–C–C–N with tert-alkyl or cyclic N) is 1. The summed E-state index contributed by atoms with van der Waals surface area (Å²) in [5.74, 6) is -1.56. The van der Waals surface area contributed by atoms with Crippen LogP contribution >= 0.6 is 0 Å². The molecule has 1 amide bonds. The zero-order valence-corrected chi connectivity index (χ0v) is 10.9. The number of amides is 1. The highest BCUT2D eigenvalue weighted by Gasteiger charge is 2.57. The smallest absolute Gasteiger partial charge is 0.419 e. The van der Waals surface area contributed by atoms with Crippen LogP contribution in [-0.2, 0) is 4.79 Å². The molecule has 2 rings (SSSR count). The predicted molar refractivity (Wildman–Crippen MR) is 64.1 cm³/mol. The van der Waals surface area contributed by atoms with Crippen molar-refractivity contribution in [2.75, 3.05) is 19.7 Å². The first-order valence-corrected chi connectivity index (χ1v) is 6.17. The number of carbonyl (C=O) groups is 1. The summed E-state index contributed by atoms with van der Waals surface area (Å²) in [7, 11) is 0. The van der Waals surface area contributed by atoms with Gasteiger partial charge >= 0.3 is 6.18 Å². The molecule has 1 N–H and O–H groups in total. The first-order valence-electron chi connectivity index (χ1n) is 6.17. The van der Waals surface area contributed by atoms with E-state index in [0.717, 1.165) is 11.0 Å². The van der Waals surface area contributed by atoms with Crippen molar-refractivity contribution in [2.24, 2.45) is 0 Å². The number of nitrogens with zero attached hydrogens (tertiary/aromatic N) is 1. The van der Waals surface area contributed by atoms with E-state index in [2.05, 4.69) is 0 Å². The van der Waals surface area contributed by atoms with E-state index in [4.69, 9.17) is 4.74 Å². The Morgan fingerprint density at radius 1 is 1.38 bits per heavy atom. The molecule has 0 aliphatic carbocycles. The molecule has 1 fully saturated rings. The van der Waals surface area contributed by atoms with Crippen LogP contribution in [0.25, 0.3) is 0 Å². The summed E-state index contributed by atoms with van der Waals surface area (Å²) in [6, 6.07) is 5.38. The van der Waals surface area contributed by atoms with Crippen LogP contribution in [0.3, 0.4) is 0 Å². The molecule has 1 saturated heterocycles. The number of aliphatic hydroxyl groups is 1. The number of rotatable bonds is 3. The van der Waals surface area contributed by atoms with E-state index < -0.39 is 43.1 Å². The van der Waals surface area contributed by atoms with E-state index >= 15 is 0 Å². The van der Waals surface area contributed by atoms with Crippen molar-refractivity contribution < 1.29 is 32.2 Å². The standard InChI is InChI=1S/C13H13F4NO3/c14-9-3-1-2-4-10(9)21-7-11(19)18-6-5-12(20,8-18)13(15,16)17/h1-4,20H,5-8H2/t12-/m0/s1. The Morgan fingerprint density at radius 2 is 2.05 bits per heavy atom. The van der Waals surface area contributed by atoms with Gasteiger partial charge in [-0.1, -0.05) is 12.1 Å². The molecule has 1 aliphatic heterocycles. The molecule has 1 atom stereocenters. The van der Waals surface area contributed by atoms with Crippen molar-refractivity contribution in [3.63, 3.8) is 0 Å². The number of alkyl halides is 3. The SMILES string of the molecule is O=C(COc1ccccc1F)N1CC[C@@](O)(C(F)(F)F)C1. The molecule has 1 aliphatic rings. The second-order valence-electron chi connectivity index (χ2n) is 4.81. The maximum absolute atomic E-state index is 13.3. The number of hydrogen-bond donors (Lipinski definition) is 1. The van der Waals surface area contributed by atoms with Gasteiger partial charge in [0.1, 0.15) is 0 Å². The highest BCUT2D eigenvalue weighted by molar-refractivity contribution is 5.78. The molecule has 21 heavy (non-hydrogen) atoms. The van der Waals surface area contributed by atoms with Crippen LogP contribution in [-0.4, -0.2) is 47.4 Å². The molecule has 1 heterocycles. The number of likely N-dealkylation sites (tertiary alicyclic amines) is 1. The second-order valence-corrected chi connectivity index (χ2v) is 4.81. The molecule has 8 heteroatoms. The fourth-order valence-corrected chi connectivity index (χ4v) is 2.03. The van der Waals surface area contributed by atoms with Crippen molar-refractivity contribution in [1.29, 1.82) is 0 Å². The lowest BCUT2D eigenvalue weighted by atomic mass is 10.0. The minimum atomic E-state index is -4.80. The van der Waals surface area contributed by atoms with Crippen LogP contribution in [0.15, 0.2) is 24.3 Å². The average molecular weight is 307 g/mol. The maximum Gasteiger partial charge on any atom is 0.419 e. The van der Waals surface area contributed by atoms with Crippen molar-refractivity contribution in [3.8, 4) is 5.75 Å². The zero-order chi connectivity index (χ0) is 15.7. The van der Waals surface area contributed by atoms with Crippen LogP contribution in [0.5, 0.6) is 5.75 Å². The summed E-state index contributed by atoms with van der Waals surface area (Å²) in [5.41, 5.74) is -2.89. The molecular formula is C13H13F4NO3. The third-order valence-corrected chi connectivity index (χ3v) is 3.32. The van der Waals surface area contributed by atoms with Gasteiger partial charge in [0.2, 0.25) is 0 Å². The second kappa shape index (κ2) is 5.51. The quantitative estimate of drug-likeness (QED) is 0.865. The summed E-state index contributed by atoms with van der Waals surface area (Å²) < 4.78 is 56.0. The first kappa shape index (κ1) is 15.6. The van der Waals surface area contributed by atoms with Gasteiger partial charge in [0.05, 0.1) is 6.54 Å². The molecular weight excluding hydrogens is 294 g/mol. The Hall–Kier alpha value is -1.83. The predicted octanol–water partition coefficient (Wildman–Crippen LogP) is 1.73.